The third kappa shape index (κ3) is 6.77. The van der Waals surface area contributed by atoms with E-state index in [1.165, 1.54) is 18.2 Å². The summed E-state index contributed by atoms with van der Waals surface area (Å²) in [6.45, 7) is 9.73. The van der Waals surface area contributed by atoms with E-state index in [-0.39, 0.29) is 36.0 Å². The molecule has 2 N–H and O–H groups in total. The lowest BCUT2D eigenvalue weighted by Gasteiger charge is -2.33. The second-order valence-electron chi connectivity index (χ2n) is 10.9. The van der Waals surface area contributed by atoms with Gasteiger partial charge in [-0.05, 0) is 68.9 Å². The number of carbonyl (C=O) groups is 4. The van der Waals surface area contributed by atoms with E-state index in [0.717, 1.165) is 42.9 Å². The Kier molecular flexibility index (Phi) is 9.71. The first kappa shape index (κ1) is 29.4. The minimum absolute atomic E-state index is 0.0403. The van der Waals surface area contributed by atoms with Crippen LogP contribution in [0.15, 0.2) is 36.4 Å². The Hall–Kier alpha value is -3.56. The van der Waals surface area contributed by atoms with Crippen LogP contribution < -0.4 is 10.6 Å². The molecule has 0 aromatic heterocycles. The van der Waals surface area contributed by atoms with E-state index in [0.29, 0.717) is 24.6 Å². The standard InChI is InChI=1S/C31H40N4O5/c1-20(2)40-25-12-14-34(15-13-25)18-23-9-8-22(16-21(23)3)17-33-27-7-5-6-26-29(27)31(39)35(30(26)38)24(19-36)10-11-28(37)32-4/h5-9,16,19-20,24-25,33H,10-15,17-18H2,1-4H3,(H,32,37). The van der Waals surface area contributed by atoms with E-state index in [1.807, 2.05) is 0 Å². The number of nitrogens with zero attached hydrogens (tertiary/aromatic N) is 2. The SMILES string of the molecule is CNC(=O)CCC(C=O)N1C(=O)c2cccc(NCc3ccc(CN4CCC(OC(C)C)CC4)c(C)c3)c2C1=O. The zero-order valence-electron chi connectivity index (χ0n) is 23.9. The summed E-state index contributed by atoms with van der Waals surface area (Å²) in [6, 6.07) is 10.5. The van der Waals surface area contributed by atoms with Crippen LogP contribution in [0.4, 0.5) is 5.69 Å². The van der Waals surface area contributed by atoms with Crippen LogP contribution in [-0.4, -0.2) is 72.2 Å². The summed E-state index contributed by atoms with van der Waals surface area (Å²) in [5.74, 6) is -1.29. The van der Waals surface area contributed by atoms with Crippen molar-refractivity contribution in [1.29, 1.82) is 0 Å². The van der Waals surface area contributed by atoms with Crippen molar-refractivity contribution < 1.29 is 23.9 Å². The third-order valence-electron chi connectivity index (χ3n) is 7.66. The van der Waals surface area contributed by atoms with Crippen molar-refractivity contribution in [3.8, 4) is 0 Å². The number of imide groups is 1. The Labute approximate surface area is 236 Å². The molecule has 3 amide bonds. The monoisotopic (exact) mass is 548 g/mol. The van der Waals surface area contributed by atoms with E-state index in [2.05, 4.69) is 54.5 Å². The number of ether oxygens (including phenoxy) is 1. The average molecular weight is 549 g/mol. The first-order chi connectivity index (χ1) is 19.2. The summed E-state index contributed by atoms with van der Waals surface area (Å²) in [5.41, 5.74) is 4.63. The number of aldehydes is 1. The zero-order valence-corrected chi connectivity index (χ0v) is 23.9. The molecule has 1 fully saturated rings. The second-order valence-corrected chi connectivity index (χ2v) is 10.9. The number of benzene rings is 2. The molecule has 1 saturated heterocycles. The van der Waals surface area contributed by atoms with Gasteiger partial charge in [-0.1, -0.05) is 24.3 Å². The quantitative estimate of drug-likeness (QED) is 0.308. The fourth-order valence-corrected chi connectivity index (χ4v) is 5.49. The smallest absolute Gasteiger partial charge is 0.264 e. The predicted molar refractivity (Wildman–Crippen MR) is 153 cm³/mol. The highest BCUT2D eigenvalue weighted by Crippen LogP contribution is 2.32. The Bertz CT molecular complexity index is 1250. The molecule has 214 valence electrons. The Morgan fingerprint density at radius 2 is 1.88 bits per heavy atom. The van der Waals surface area contributed by atoms with Gasteiger partial charge in [-0.25, -0.2) is 0 Å². The number of fused-ring (bicyclic) bond motifs is 1. The molecule has 4 rings (SSSR count). The van der Waals surface area contributed by atoms with E-state index in [4.69, 9.17) is 4.74 Å². The van der Waals surface area contributed by atoms with Crippen molar-refractivity contribution in [3.63, 3.8) is 0 Å². The van der Waals surface area contributed by atoms with Crippen molar-refractivity contribution >= 4 is 29.7 Å². The number of hydrogen-bond acceptors (Lipinski definition) is 7. The summed E-state index contributed by atoms with van der Waals surface area (Å²) in [4.78, 5) is 53.2. The predicted octanol–water partition coefficient (Wildman–Crippen LogP) is 3.69. The van der Waals surface area contributed by atoms with Crippen LogP contribution in [-0.2, 0) is 27.4 Å². The molecule has 0 aliphatic carbocycles. The molecule has 9 nitrogen and oxygen atoms in total. The Morgan fingerprint density at radius 3 is 2.52 bits per heavy atom. The minimum Gasteiger partial charge on any atom is -0.380 e. The van der Waals surface area contributed by atoms with Crippen LogP contribution in [0.2, 0.25) is 0 Å². The number of amides is 3. The first-order valence-electron chi connectivity index (χ1n) is 14.1. The molecule has 0 spiro atoms. The number of aryl methyl sites for hydroxylation is 1. The number of likely N-dealkylation sites (tertiary alicyclic amines) is 1. The highest BCUT2D eigenvalue weighted by Gasteiger charge is 2.41. The molecule has 0 bridgehead atoms. The van der Waals surface area contributed by atoms with Crippen molar-refractivity contribution in [2.75, 3.05) is 25.5 Å². The van der Waals surface area contributed by atoms with Gasteiger partial charge in [0.1, 0.15) is 6.29 Å². The molecule has 1 atom stereocenters. The lowest BCUT2D eigenvalue weighted by atomic mass is 10.0. The lowest BCUT2D eigenvalue weighted by Crippen LogP contribution is -2.41. The number of rotatable bonds is 12. The molecule has 2 aromatic carbocycles. The lowest BCUT2D eigenvalue weighted by molar-refractivity contribution is -0.121. The molecule has 2 aliphatic heterocycles. The molecule has 9 heteroatoms. The van der Waals surface area contributed by atoms with Gasteiger partial charge in [0.05, 0.1) is 29.4 Å². The maximum Gasteiger partial charge on any atom is 0.264 e. The molecule has 2 heterocycles. The van der Waals surface area contributed by atoms with Gasteiger partial charge in [-0.2, -0.15) is 0 Å². The maximum atomic E-state index is 13.3. The number of nitrogens with one attached hydrogen (secondary N) is 2. The average Bonchev–Trinajstić information content (AvgIpc) is 3.20. The van der Waals surface area contributed by atoms with Crippen LogP contribution in [0.1, 0.15) is 76.9 Å². The van der Waals surface area contributed by atoms with Gasteiger partial charge in [-0.15, -0.1) is 0 Å². The summed E-state index contributed by atoms with van der Waals surface area (Å²) in [5, 5.41) is 5.81. The number of carbonyl (C=O) groups excluding carboxylic acids is 4. The normalized spacial score (nSPS) is 16.8. The van der Waals surface area contributed by atoms with Gasteiger partial charge >= 0.3 is 0 Å². The van der Waals surface area contributed by atoms with E-state index in [9.17, 15) is 19.2 Å². The van der Waals surface area contributed by atoms with Crippen LogP contribution in [0.25, 0.3) is 0 Å². The second kappa shape index (κ2) is 13.2. The summed E-state index contributed by atoms with van der Waals surface area (Å²) < 4.78 is 5.97. The van der Waals surface area contributed by atoms with Gasteiger partial charge < -0.3 is 20.2 Å². The molecule has 40 heavy (non-hydrogen) atoms. The Morgan fingerprint density at radius 1 is 1.12 bits per heavy atom. The molecule has 0 radical (unpaired) electrons. The van der Waals surface area contributed by atoms with E-state index in [1.54, 1.807) is 18.2 Å². The molecule has 2 aliphatic rings. The number of piperidine rings is 1. The third-order valence-corrected chi connectivity index (χ3v) is 7.66. The van der Waals surface area contributed by atoms with E-state index >= 15 is 0 Å². The fourth-order valence-electron chi connectivity index (χ4n) is 5.49. The molecular formula is C31H40N4O5. The van der Waals surface area contributed by atoms with Gasteiger partial charge in [-0.3, -0.25) is 24.2 Å². The summed E-state index contributed by atoms with van der Waals surface area (Å²) in [6.07, 6.45) is 3.41. The Balaban J connectivity index is 1.39. The van der Waals surface area contributed by atoms with Crippen LogP contribution in [0.5, 0.6) is 0 Å². The van der Waals surface area contributed by atoms with Gasteiger partial charge in [0.25, 0.3) is 11.8 Å². The van der Waals surface area contributed by atoms with Crippen LogP contribution in [0, 0.1) is 6.92 Å². The van der Waals surface area contributed by atoms with Crippen molar-refractivity contribution in [1.82, 2.24) is 15.1 Å². The molecule has 0 saturated carbocycles. The molecule has 1 unspecified atom stereocenters. The largest absolute Gasteiger partial charge is 0.380 e. The number of hydrogen-bond donors (Lipinski definition) is 2. The van der Waals surface area contributed by atoms with Gasteiger partial charge in [0.2, 0.25) is 5.91 Å². The van der Waals surface area contributed by atoms with Gasteiger partial charge in [0, 0.05) is 45.3 Å². The zero-order chi connectivity index (χ0) is 28.8. The van der Waals surface area contributed by atoms with Crippen LogP contribution >= 0.6 is 0 Å². The van der Waals surface area contributed by atoms with Crippen molar-refractivity contribution in [2.24, 2.45) is 0 Å². The highest BCUT2D eigenvalue weighted by molar-refractivity contribution is 6.24. The fraction of sp³-hybridized carbons (Fsp3) is 0.484. The van der Waals surface area contributed by atoms with Gasteiger partial charge in [0.15, 0.2) is 0 Å². The first-order valence-corrected chi connectivity index (χ1v) is 14.1. The van der Waals surface area contributed by atoms with Crippen molar-refractivity contribution in [3.05, 3.63) is 64.2 Å². The molecule has 2 aromatic rings. The van der Waals surface area contributed by atoms with Crippen molar-refractivity contribution in [2.45, 2.75) is 77.8 Å². The van der Waals surface area contributed by atoms with E-state index < -0.39 is 17.9 Å². The highest BCUT2D eigenvalue weighted by atomic mass is 16.5. The summed E-state index contributed by atoms with van der Waals surface area (Å²) >= 11 is 0. The topological polar surface area (TPSA) is 108 Å². The number of anilines is 1. The minimum atomic E-state index is -0.999. The maximum absolute atomic E-state index is 13.3. The summed E-state index contributed by atoms with van der Waals surface area (Å²) in [7, 11) is 1.50. The molecular weight excluding hydrogens is 508 g/mol. The van der Waals surface area contributed by atoms with Crippen LogP contribution in [0.3, 0.4) is 0 Å².